The first-order chi connectivity index (χ1) is 9.08. The average Bonchev–Trinajstić information content (AvgIpc) is 2.58. The van der Waals surface area contributed by atoms with E-state index >= 15 is 0 Å². The van der Waals surface area contributed by atoms with Gasteiger partial charge in [-0.15, -0.1) is 0 Å². The second-order valence-corrected chi connectivity index (χ2v) is 5.79. The minimum atomic E-state index is -0.0981. The van der Waals surface area contributed by atoms with Gasteiger partial charge in [-0.3, -0.25) is 4.79 Å². The van der Waals surface area contributed by atoms with Crippen molar-refractivity contribution in [1.82, 2.24) is 0 Å². The highest BCUT2D eigenvalue weighted by Gasteiger charge is 2.27. The zero-order chi connectivity index (χ0) is 13.8. The molecule has 4 heteroatoms. The molecule has 1 aliphatic rings. The Hall–Kier alpha value is -1.06. The quantitative estimate of drug-likeness (QED) is 0.815. The summed E-state index contributed by atoms with van der Waals surface area (Å²) in [6, 6.07) is 5.59. The van der Waals surface area contributed by atoms with Crippen LogP contribution in [0.1, 0.15) is 37.7 Å². The molecule has 1 aliphatic carbocycles. The zero-order valence-corrected chi connectivity index (χ0v) is 12.0. The molecule has 1 fully saturated rings. The van der Waals surface area contributed by atoms with E-state index in [0.29, 0.717) is 10.7 Å². The van der Waals surface area contributed by atoms with Gasteiger partial charge in [0.2, 0.25) is 5.91 Å². The first-order valence-corrected chi connectivity index (χ1v) is 7.28. The fraction of sp³-hybridized carbons (Fsp3) is 0.533. The van der Waals surface area contributed by atoms with Gasteiger partial charge in [-0.25, -0.2) is 0 Å². The van der Waals surface area contributed by atoms with Gasteiger partial charge in [0, 0.05) is 6.04 Å². The molecule has 3 nitrogen and oxygen atoms in total. The summed E-state index contributed by atoms with van der Waals surface area (Å²) in [6.45, 7) is 1.98. The smallest absolute Gasteiger partial charge is 0.229 e. The molecule has 0 aliphatic heterocycles. The Balaban J connectivity index is 2.09. The number of aryl methyl sites for hydroxylation is 1. The normalized spacial score (nSPS) is 23.7. The van der Waals surface area contributed by atoms with Gasteiger partial charge in [0.05, 0.1) is 16.6 Å². The lowest BCUT2D eigenvalue weighted by Crippen LogP contribution is -2.37. The second-order valence-electron chi connectivity index (χ2n) is 5.38. The van der Waals surface area contributed by atoms with Gasteiger partial charge >= 0.3 is 0 Å². The fourth-order valence-corrected chi connectivity index (χ4v) is 2.79. The lowest BCUT2D eigenvalue weighted by Gasteiger charge is -2.21. The minimum absolute atomic E-state index is 0.00176. The van der Waals surface area contributed by atoms with Crippen molar-refractivity contribution in [3.05, 3.63) is 28.8 Å². The van der Waals surface area contributed by atoms with Crippen molar-refractivity contribution in [2.45, 2.75) is 45.1 Å². The third-order valence-electron chi connectivity index (χ3n) is 3.79. The fourth-order valence-electron chi connectivity index (χ4n) is 2.62. The Morgan fingerprint density at radius 3 is 2.84 bits per heavy atom. The van der Waals surface area contributed by atoms with E-state index in [4.69, 9.17) is 17.3 Å². The van der Waals surface area contributed by atoms with Crippen LogP contribution in [0.25, 0.3) is 0 Å². The molecular formula is C15H21ClN2O. The van der Waals surface area contributed by atoms with Gasteiger partial charge in [-0.2, -0.15) is 0 Å². The number of rotatable bonds is 2. The predicted molar refractivity (Wildman–Crippen MR) is 79.4 cm³/mol. The number of hydrogen-bond donors (Lipinski definition) is 2. The number of hydrogen-bond acceptors (Lipinski definition) is 2. The SMILES string of the molecule is Cc1ccc(Cl)c(NC(=O)C2CCCCCC2N)c1. The first-order valence-electron chi connectivity index (χ1n) is 6.90. The van der Waals surface area contributed by atoms with Gasteiger partial charge in [-0.05, 0) is 37.5 Å². The number of amides is 1. The summed E-state index contributed by atoms with van der Waals surface area (Å²) in [5.41, 5.74) is 7.87. The second kappa shape index (κ2) is 6.40. The molecule has 1 aromatic rings. The Bertz CT molecular complexity index is 461. The van der Waals surface area contributed by atoms with Crippen molar-refractivity contribution in [2.75, 3.05) is 5.32 Å². The molecule has 1 amide bonds. The van der Waals surface area contributed by atoms with Crippen molar-refractivity contribution in [3.8, 4) is 0 Å². The molecule has 0 bridgehead atoms. The first kappa shape index (κ1) is 14.4. The van der Waals surface area contributed by atoms with Crippen LogP contribution in [0.3, 0.4) is 0 Å². The molecule has 2 atom stereocenters. The molecule has 0 heterocycles. The maximum absolute atomic E-state index is 12.3. The molecule has 2 rings (SSSR count). The topological polar surface area (TPSA) is 55.1 Å². The summed E-state index contributed by atoms with van der Waals surface area (Å²) in [5.74, 6) is -0.0963. The lowest BCUT2D eigenvalue weighted by atomic mass is 9.94. The van der Waals surface area contributed by atoms with Crippen LogP contribution in [-0.2, 0) is 4.79 Å². The standard InChI is InChI=1S/C15H21ClN2O/c1-10-7-8-12(16)14(9-10)18-15(19)11-5-3-2-4-6-13(11)17/h7-9,11,13H,2-6,17H2,1H3,(H,18,19). The summed E-state index contributed by atoms with van der Waals surface area (Å²) in [5, 5.41) is 3.50. The predicted octanol–water partition coefficient (Wildman–Crippen LogP) is 3.49. The van der Waals surface area contributed by atoms with Gasteiger partial charge in [0.15, 0.2) is 0 Å². The maximum Gasteiger partial charge on any atom is 0.229 e. The van der Waals surface area contributed by atoms with E-state index in [2.05, 4.69) is 5.32 Å². The zero-order valence-electron chi connectivity index (χ0n) is 11.3. The highest BCUT2D eigenvalue weighted by molar-refractivity contribution is 6.33. The van der Waals surface area contributed by atoms with E-state index in [9.17, 15) is 4.79 Å². The molecule has 0 radical (unpaired) electrons. The van der Waals surface area contributed by atoms with Crippen molar-refractivity contribution in [3.63, 3.8) is 0 Å². The van der Waals surface area contributed by atoms with Crippen LogP contribution in [0.5, 0.6) is 0 Å². The van der Waals surface area contributed by atoms with E-state index in [0.717, 1.165) is 31.2 Å². The monoisotopic (exact) mass is 280 g/mol. The van der Waals surface area contributed by atoms with Crippen molar-refractivity contribution >= 4 is 23.2 Å². The molecular weight excluding hydrogens is 260 g/mol. The van der Waals surface area contributed by atoms with Crippen molar-refractivity contribution in [2.24, 2.45) is 11.7 Å². The average molecular weight is 281 g/mol. The number of nitrogens with two attached hydrogens (primary N) is 1. The van der Waals surface area contributed by atoms with Crippen molar-refractivity contribution < 1.29 is 4.79 Å². The Kier molecular flexibility index (Phi) is 4.83. The summed E-state index contributed by atoms with van der Waals surface area (Å²) in [6.07, 6.45) is 5.17. The number of carbonyl (C=O) groups is 1. The number of carbonyl (C=O) groups excluding carboxylic acids is 1. The Labute approximate surface area is 119 Å². The molecule has 0 spiro atoms. The highest BCUT2D eigenvalue weighted by atomic mass is 35.5. The summed E-state index contributed by atoms with van der Waals surface area (Å²) in [4.78, 5) is 12.3. The van der Waals surface area contributed by atoms with Crippen LogP contribution >= 0.6 is 11.6 Å². The largest absolute Gasteiger partial charge is 0.327 e. The van der Waals surface area contributed by atoms with E-state index in [1.54, 1.807) is 6.07 Å². The van der Waals surface area contributed by atoms with Gasteiger partial charge in [0.1, 0.15) is 0 Å². The van der Waals surface area contributed by atoms with Crippen LogP contribution in [-0.4, -0.2) is 11.9 Å². The number of halogens is 1. The molecule has 1 saturated carbocycles. The van der Waals surface area contributed by atoms with Gasteiger partial charge < -0.3 is 11.1 Å². The van der Waals surface area contributed by atoms with E-state index in [1.165, 1.54) is 6.42 Å². The van der Waals surface area contributed by atoms with Crippen LogP contribution in [0.4, 0.5) is 5.69 Å². The Morgan fingerprint density at radius 2 is 2.05 bits per heavy atom. The third kappa shape index (κ3) is 3.71. The summed E-state index contributed by atoms with van der Waals surface area (Å²) in [7, 11) is 0. The number of benzene rings is 1. The number of anilines is 1. The van der Waals surface area contributed by atoms with Crippen LogP contribution in [0.15, 0.2) is 18.2 Å². The molecule has 19 heavy (non-hydrogen) atoms. The van der Waals surface area contributed by atoms with Crippen molar-refractivity contribution in [1.29, 1.82) is 0 Å². The molecule has 104 valence electrons. The lowest BCUT2D eigenvalue weighted by molar-refractivity contribution is -0.120. The third-order valence-corrected chi connectivity index (χ3v) is 4.12. The number of nitrogens with one attached hydrogen (secondary N) is 1. The Morgan fingerprint density at radius 1 is 1.32 bits per heavy atom. The summed E-state index contributed by atoms with van der Waals surface area (Å²) >= 11 is 6.10. The highest BCUT2D eigenvalue weighted by Crippen LogP contribution is 2.27. The van der Waals surface area contributed by atoms with E-state index < -0.39 is 0 Å². The van der Waals surface area contributed by atoms with Crippen LogP contribution < -0.4 is 11.1 Å². The van der Waals surface area contributed by atoms with Crippen LogP contribution in [0, 0.1) is 12.8 Å². The molecule has 1 aromatic carbocycles. The maximum atomic E-state index is 12.3. The van der Waals surface area contributed by atoms with E-state index in [1.807, 2.05) is 19.1 Å². The van der Waals surface area contributed by atoms with Gasteiger partial charge in [-0.1, -0.05) is 36.9 Å². The minimum Gasteiger partial charge on any atom is -0.327 e. The van der Waals surface area contributed by atoms with Gasteiger partial charge in [0.25, 0.3) is 0 Å². The van der Waals surface area contributed by atoms with E-state index in [-0.39, 0.29) is 17.9 Å². The molecule has 2 unspecified atom stereocenters. The molecule has 3 N–H and O–H groups in total. The molecule has 0 aromatic heterocycles. The van der Waals surface area contributed by atoms with Crippen LogP contribution in [0.2, 0.25) is 5.02 Å². The summed E-state index contributed by atoms with van der Waals surface area (Å²) < 4.78 is 0. The molecule has 0 saturated heterocycles.